The Bertz CT molecular complexity index is 482. The predicted molar refractivity (Wildman–Crippen MR) is 78.3 cm³/mol. The number of rotatable bonds is 5. The van der Waals surface area contributed by atoms with Crippen LogP contribution in [0.15, 0.2) is 29.2 Å². The summed E-state index contributed by atoms with van der Waals surface area (Å²) in [6.07, 6.45) is 0. The molecule has 1 aromatic carbocycles. The molecule has 102 valence electrons. The van der Waals surface area contributed by atoms with Crippen LogP contribution in [0.3, 0.4) is 0 Å². The molecule has 1 rings (SSSR count). The summed E-state index contributed by atoms with van der Waals surface area (Å²) in [7, 11) is -1.75. The Labute approximate surface area is 118 Å². The van der Waals surface area contributed by atoms with Crippen LogP contribution < -0.4 is 0 Å². The lowest BCUT2D eigenvalue weighted by atomic mass is 10.1. The molecule has 1 aromatic rings. The minimum atomic E-state index is -3.39. The van der Waals surface area contributed by atoms with E-state index in [1.807, 2.05) is 32.9 Å². The van der Waals surface area contributed by atoms with Crippen LogP contribution in [0.1, 0.15) is 26.3 Å². The van der Waals surface area contributed by atoms with Crippen molar-refractivity contribution in [1.82, 2.24) is 4.31 Å². The zero-order valence-corrected chi connectivity index (χ0v) is 13.6. The molecule has 0 heterocycles. The summed E-state index contributed by atoms with van der Waals surface area (Å²) in [6, 6.07) is 6.96. The van der Waals surface area contributed by atoms with Crippen molar-refractivity contribution in [3.8, 4) is 0 Å². The molecule has 0 aliphatic rings. The van der Waals surface area contributed by atoms with Crippen molar-refractivity contribution in [3.05, 3.63) is 29.8 Å². The predicted octanol–water partition coefficient (Wildman–Crippen LogP) is 3.25. The van der Waals surface area contributed by atoms with Gasteiger partial charge in [-0.2, -0.15) is 4.31 Å². The van der Waals surface area contributed by atoms with E-state index in [0.717, 1.165) is 10.9 Å². The van der Waals surface area contributed by atoms with Gasteiger partial charge in [-0.3, -0.25) is 0 Å². The van der Waals surface area contributed by atoms with Crippen LogP contribution in [0.2, 0.25) is 0 Å². The van der Waals surface area contributed by atoms with Gasteiger partial charge in [-0.05, 0) is 30.5 Å². The van der Waals surface area contributed by atoms with Gasteiger partial charge in [0.2, 0.25) is 10.0 Å². The molecule has 0 N–H and O–H groups in total. The molecule has 5 heteroatoms. The molecule has 0 aromatic heterocycles. The monoisotopic (exact) mass is 333 g/mol. The summed E-state index contributed by atoms with van der Waals surface area (Å²) >= 11 is 3.34. The highest BCUT2D eigenvalue weighted by Crippen LogP contribution is 2.20. The molecule has 0 bridgehead atoms. The van der Waals surface area contributed by atoms with Gasteiger partial charge in [0, 0.05) is 18.4 Å². The lowest BCUT2D eigenvalue weighted by Crippen LogP contribution is -2.38. The van der Waals surface area contributed by atoms with Crippen molar-refractivity contribution in [1.29, 1.82) is 0 Å². The lowest BCUT2D eigenvalue weighted by molar-refractivity contribution is 0.316. The van der Waals surface area contributed by atoms with E-state index in [9.17, 15) is 8.42 Å². The maximum atomic E-state index is 12.4. The number of benzene rings is 1. The minimum absolute atomic E-state index is 0.0224. The Kier molecular flexibility index (Phi) is 5.37. The maximum absolute atomic E-state index is 12.4. The second-order valence-electron chi connectivity index (χ2n) is 4.78. The smallest absolute Gasteiger partial charge is 0.207 e. The fraction of sp³-hybridized carbons (Fsp3) is 0.538. The molecule has 0 saturated carbocycles. The summed E-state index contributed by atoms with van der Waals surface area (Å²) in [4.78, 5) is 0.349. The number of halogens is 1. The van der Waals surface area contributed by atoms with E-state index in [1.54, 1.807) is 19.2 Å². The Morgan fingerprint density at radius 2 is 1.67 bits per heavy atom. The first-order valence-electron chi connectivity index (χ1n) is 5.93. The highest BCUT2D eigenvalue weighted by molar-refractivity contribution is 9.08. The van der Waals surface area contributed by atoms with Crippen LogP contribution in [-0.4, -0.2) is 25.8 Å². The average molecular weight is 334 g/mol. The highest BCUT2D eigenvalue weighted by atomic mass is 79.9. The fourth-order valence-corrected chi connectivity index (χ4v) is 3.42. The summed E-state index contributed by atoms with van der Waals surface area (Å²) in [5, 5.41) is 0.728. The topological polar surface area (TPSA) is 37.4 Å². The first-order chi connectivity index (χ1) is 8.30. The zero-order valence-electron chi connectivity index (χ0n) is 11.2. The van der Waals surface area contributed by atoms with Crippen molar-refractivity contribution in [2.24, 2.45) is 5.92 Å². The molecule has 0 spiro atoms. The van der Waals surface area contributed by atoms with Crippen molar-refractivity contribution in [3.63, 3.8) is 0 Å². The summed E-state index contributed by atoms with van der Waals surface area (Å²) < 4.78 is 26.2. The third-order valence-electron chi connectivity index (χ3n) is 3.29. The van der Waals surface area contributed by atoms with Crippen LogP contribution in [0.5, 0.6) is 0 Å². The van der Waals surface area contributed by atoms with Crippen LogP contribution >= 0.6 is 15.9 Å². The van der Waals surface area contributed by atoms with E-state index < -0.39 is 10.0 Å². The maximum Gasteiger partial charge on any atom is 0.243 e. The zero-order chi connectivity index (χ0) is 13.9. The van der Waals surface area contributed by atoms with E-state index in [-0.39, 0.29) is 12.0 Å². The highest BCUT2D eigenvalue weighted by Gasteiger charge is 2.26. The molecule has 1 unspecified atom stereocenters. The van der Waals surface area contributed by atoms with Gasteiger partial charge >= 0.3 is 0 Å². The Balaban J connectivity index is 3.05. The molecule has 0 fully saturated rings. The van der Waals surface area contributed by atoms with Crippen molar-refractivity contribution in [2.75, 3.05) is 7.05 Å². The Morgan fingerprint density at radius 3 is 2.06 bits per heavy atom. The number of alkyl halides is 1. The number of sulfonamides is 1. The standard InChI is InChI=1S/C13H20BrNO2S/c1-10(2)11(3)15(4)18(16,17)13-7-5-12(9-14)6-8-13/h5-8,10-11H,9H2,1-4H3. The molecule has 0 radical (unpaired) electrons. The van der Waals surface area contributed by atoms with Crippen LogP contribution in [-0.2, 0) is 15.4 Å². The number of hydrogen-bond acceptors (Lipinski definition) is 2. The summed E-state index contributed by atoms with van der Waals surface area (Å²) in [6.45, 7) is 5.96. The van der Waals surface area contributed by atoms with Crippen molar-refractivity contribution in [2.45, 2.75) is 37.0 Å². The summed E-state index contributed by atoms with van der Waals surface area (Å²) in [5.41, 5.74) is 1.06. The third-order valence-corrected chi connectivity index (χ3v) is 5.90. The average Bonchev–Trinajstić information content (AvgIpc) is 2.36. The SMILES string of the molecule is CC(C)C(C)N(C)S(=O)(=O)c1ccc(CBr)cc1. The van der Waals surface area contributed by atoms with Gasteiger partial charge < -0.3 is 0 Å². The van der Waals surface area contributed by atoms with Gasteiger partial charge in [0.25, 0.3) is 0 Å². The van der Waals surface area contributed by atoms with Gasteiger partial charge in [-0.15, -0.1) is 0 Å². The van der Waals surface area contributed by atoms with Crippen LogP contribution in [0.4, 0.5) is 0 Å². The molecular formula is C13H20BrNO2S. The van der Waals surface area contributed by atoms with E-state index in [0.29, 0.717) is 4.90 Å². The van der Waals surface area contributed by atoms with Gasteiger partial charge in [0.05, 0.1) is 4.90 Å². The van der Waals surface area contributed by atoms with E-state index in [2.05, 4.69) is 15.9 Å². The molecule has 18 heavy (non-hydrogen) atoms. The Hall–Kier alpha value is -0.390. The molecule has 0 aliphatic heterocycles. The molecule has 0 amide bonds. The molecule has 1 atom stereocenters. The third kappa shape index (κ3) is 3.33. The number of hydrogen-bond donors (Lipinski definition) is 0. The van der Waals surface area contributed by atoms with Crippen LogP contribution in [0, 0.1) is 5.92 Å². The van der Waals surface area contributed by atoms with Crippen molar-refractivity contribution < 1.29 is 8.42 Å². The minimum Gasteiger partial charge on any atom is -0.207 e. The molecule has 3 nitrogen and oxygen atoms in total. The lowest BCUT2D eigenvalue weighted by Gasteiger charge is -2.27. The molecular weight excluding hydrogens is 314 g/mol. The van der Waals surface area contributed by atoms with Gasteiger partial charge in [-0.1, -0.05) is 41.9 Å². The van der Waals surface area contributed by atoms with E-state index in [1.165, 1.54) is 4.31 Å². The first-order valence-corrected chi connectivity index (χ1v) is 8.49. The normalized spacial score (nSPS) is 14.2. The molecule has 0 saturated heterocycles. The largest absolute Gasteiger partial charge is 0.243 e. The van der Waals surface area contributed by atoms with E-state index >= 15 is 0 Å². The van der Waals surface area contributed by atoms with Gasteiger partial charge in [0.1, 0.15) is 0 Å². The van der Waals surface area contributed by atoms with Crippen molar-refractivity contribution >= 4 is 26.0 Å². The second-order valence-corrected chi connectivity index (χ2v) is 7.34. The Morgan fingerprint density at radius 1 is 1.17 bits per heavy atom. The fourth-order valence-electron chi connectivity index (χ4n) is 1.56. The second kappa shape index (κ2) is 6.17. The number of nitrogens with zero attached hydrogens (tertiary/aromatic N) is 1. The van der Waals surface area contributed by atoms with E-state index in [4.69, 9.17) is 0 Å². The van der Waals surface area contributed by atoms with Gasteiger partial charge in [0.15, 0.2) is 0 Å². The molecule has 0 aliphatic carbocycles. The summed E-state index contributed by atoms with van der Waals surface area (Å²) in [5.74, 6) is 0.284. The first kappa shape index (κ1) is 15.7. The van der Waals surface area contributed by atoms with Gasteiger partial charge in [-0.25, -0.2) is 8.42 Å². The quantitative estimate of drug-likeness (QED) is 0.775. The van der Waals surface area contributed by atoms with Crippen LogP contribution in [0.25, 0.3) is 0 Å².